The average Bonchev–Trinajstić information content (AvgIpc) is 2.59. The van der Waals surface area contributed by atoms with Gasteiger partial charge in [-0.05, 0) is 17.7 Å². The summed E-state index contributed by atoms with van der Waals surface area (Å²) < 4.78 is 0. The van der Waals surface area contributed by atoms with Gasteiger partial charge in [-0.15, -0.1) is 0 Å². The van der Waals surface area contributed by atoms with Crippen molar-refractivity contribution in [1.29, 1.82) is 0 Å². The van der Waals surface area contributed by atoms with Crippen molar-refractivity contribution in [3.05, 3.63) is 66.5 Å². The Labute approximate surface area is 132 Å². The van der Waals surface area contributed by atoms with Crippen molar-refractivity contribution in [2.45, 2.75) is 6.42 Å². The van der Waals surface area contributed by atoms with Gasteiger partial charge in [0.25, 0.3) is 0 Å². The Balaban J connectivity index is 1.87. The summed E-state index contributed by atoms with van der Waals surface area (Å²) in [6, 6.07) is 16.8. The van der Waals surface area contributed by atoms with E-state index < -0.39 is 5.97 Å². The number of hydrogen-bond donors (Lipinski definition) is 2. The van der Waals surface area contributed by atoms with Gasteiger partial charge in [-0.2, -0.15) is 5.10 Å². The van der Waals surface area contributed by atoms with E-state index in [9.17, 15) is 9.90 Å². The van der Waals surface area contributed by atoms with Crippen LogP contribution in [0.25, 0.3) is 10.9 Å². The molecule has 6 heteroatoms. The zero-order chi connectivity index (χ0) is 16.1. The van der Waals surface area contributed by atoms with E-state index in [1.807, 2.05) is 54.6 Å². The van der Waals surface area contributed by atoms with Crippen molar-refractivity contribution in [3.63, 3.8) is 0 Å². The number of aromatic nitrogens is 2. The lowest BCUT2D eigenvalue weighted by molar-refractivity contribution is -0.129. The largest absolute Gasteiger partial charge is 0.477 e. The van der Waals surface area contributed by atoms with Gasteiger partial charge >= 0.3 is 5.97 Å². The van der Waals surface area contributed by atoms with Crippen LogP contribution in [-0.2, 0) is 11.2 Å². The number of anilines is 1. The summed E-state index contributed by atoms with van der Waals surface area (Å²) >= 11 is 0. The highest BCUT2D eigenvalue weighted by Gasteiger charge is 2.11. The number of carboxylic acid groups (broad SMARTS) is 1. The lowest BCUT2D eigenvalue weighted by atomic mass is 10.1. The quantitative estimate of drug-likeness (QED) is 0.559. The Morgan fingerprint density at radius 1 is 1.04 bits per heavy atom. The minimum absolute atomic E-state index is 0.0129. The molecule has 0 spiro atoms. The molecule has 114 valence electrons. The second kappa shape index (κ2) is 6.65. The zero-order valence-corrected chi connectivity index (χ0v) is 12.2. The van der Waals surface area contributed by atoms with Gasteiger partial charge in [0.15, 0.2) is 5.82 Å². The third-order valence-corrected chi connectivity index (χ3v) is 3.30. The number of carboxylic acids is 1. The molecule has 1 aromatic heterocycles. The Hall–Kier alpha value is -3.28. The predicted octanol–water partition coefficient (Wildman–Crippen LogP) is 2.73. The predicted molar refractivity (Wildman–Crippen MR) is 88.4 cm³/mol. The maximum absolute atomic E-state index is 11.4. The molecule has 0 atom stereocenters. The zero-order valence-electron chi connectivity index (χ0n) is 12.2. The molecule has 0 saturated heterocycles. The Bertz CT molecular complexity index is 857. The van der Waals surface area contributed by atoms with Gasteiger partial charge in [0.05, 0.1) is 5.52 Å². The summed E-state index contributed by atoms with van der Waals surface area (Å²) in [5, 5.41) is 14.1. The van der Waals surface area contributed by atoms with E-state index >= 15 is 0 Å². The molecule has 0 unspecified atom stereocenters. The molecular formula is C17H14N4O2. The van der Waals surface area contributed by atoms with Crippen molar-refractivity contribution >= 4 is 28.4 Å². The van der Waals surface area contributed by atoms with Crippen molar-refractivity contribution in [2.24, 2.45) is 5.10 Å². The Morgan fingerprint density at radius 2 is 1.78 bits per heavy atom. The van der Waals surface area contributed by atoms with E-state index in [0.717, 1.165) is 16.5 Å². The molecule has 0 radical (unpaired) electrons. The van der Waals surface area contributed by atoms with Crippen LogP contribution < -0.4 is 5.43 Å². The van der Waals surface area contributed by atoms with Crippen LogP contribution in [0.5, 0.6) is 0 Å². The van der Waals surface area contributed by atoms with Gasteiger partial charge in [0.2, 0.25) is 0 Å². The van der Waals surface area contributed by atoms with Gasteiger partial charge in [-0.25, -0.2) is 14.8 Å². The summed E-state index contributed by atoms with van der Waals surface area (Å²) in [5.74, 6) is -0.595. The molecule has 0 aliphatic carbocycles. The first-order valence-electron chi connectivity index (χ1n) is 7.03. The highest BCUT2D eigenvalue weighted by molar-refractivity contribution is 6.36. The highest BCUT2D eigenvalue weighted by Crippen LogP contribution is 2.18. The molecule has 0 fully saturated rings. The van der Waals surface area contributed by atoms with E-state index in [-0.39, 0.29) is 12.1 Å². The number of hydrogen-bond acceptors (Lipinski definition) is 5. The fraction of sp³-hybridized carbons (Fsp3) is 0.0588. The van der Waals surface area contributed by atoms with Crippen molar-refractivity contribution < 1.29 is 9.90 Å². The minimum Gasteiger partial charge on any atom is -0.477 e. The number of para-hydroxylation sites is 1. The fourth-order valence-corrected chi connectivity index (χ4v) is 2.17. The van der Waals surface area contributed by atoms with E-state index in [2.05, 4.69) is 20.5 Å². The van der Waals surface area contributed by atoms with Crippen LogP contribution in [0.2, 0.25) is 0 Å². The minimum atomic E-state index is -1.07. The number of carbonyl (C=O) groups is 1. The fourth-order valence-electron chi connectivity index (χ4n) is 2.17. The molecule has 2 aromatic carbocycles. The molecule has 2 N–H and O–H groups in total. The molecule has 0 aliphatic rings. The van der Waals surface area contributed by atoms with Crippen LogP contribution in [0, 0.1) is 0 Å². The van der Waals surface area contributed by atoms with Crippen LogP contribution in [0.1, 0.15) is 5.56 Å². The third-order valence-electron chi connectivity index (χ3n) is 3.30. The molecule has 1 heterocycles. The van der Waals surface area contributed by atoms with Crippen LogP contribution in [0.4, 0.5) is 5.82 Å². The van der Waals surface area contributed by atoms with Gasteiger partial charge in [-0.1, -0.05) is 42.5 Å². The monoisotopic (exact) mass is 306 g/mol. The number of rotatable bonds is 5. The maximum atomic E-state index is 11.4. The van der Waals surface area contributed by atoms with Crippen molar-refractivity contribution in [2.75, 3.05) is 5.43 Å². The second-order valence-electron chi connectivity index (χ2n) is 4.88. The average molecular weight is 306 g/mol. The van der Waals surface area contributed by atoms with E-state index in [4.69, 9.17) is 0 Å². The summed E-state index contributed by atoms with van der Waals surface area (Å²) in [6.07, 6.45) is 1.64. The van der Waals surface area contributed by atoms with Crippen LogP contribution >= 0.6 is 0 Å². The van der Waals surface area contributed by atoms with Crippen LogP contribution in [0.3, 0.4) is 0 Å². The topological polar surface area (TPSA) is 87.5 Å². The number of aliphatic carboxylic acids is 1. The first kappa shape index (κ1) is 14.6. The maximum Gasteiger partial charge on any atom is 0.352 e. The molecule has 23 heavy (non-hydrogen) atoms. The van der Waals surface area contributed by atoms with Crippen LogP contribution in [-0.4, -0.2) is 26.8 Å². The first-order valence-corrected chi connectivity index (χ1v) is 7.03. The van der Waals surface area contributed by atoms with Gasteiger partial charge < -0.3 is 5.11 Å². The molecule has 0 amide bonds. The third kappa shape index (κ3) is 3.49. The van der Waals surface area contributed by atoms with Crippen molar-refractivity contribution in [3.8, 4) is 0 Å². The lowest BCUT2D eigenvalue weighted by Gasteiger charge is -2.06. The Kier molecular flexibility index (Phi) is 4.24. The van der Waals surface area contributed by atoms with Crippen molar-refractivity contribution in [1.82, 2.24) is 9.97 Å². The number of benzene rings is 2. The first-order chi connectivity index (χ1) is 11.2. The molecule has 3 aromatic rings. The number of nitrogens with one attached hydrogen (secondary N) is 1. The summed E-state index contributed by atoms with van der Waals surface area (Å²) in [6.45, 7) is 0. The molecule has 0 aliphatic heterocycles. The number of fused-ring (bicyclic) bond motifs is 1. The lowest BCUT2D eigenvalue weighted by Crippen LogP contribution is -2.18. The second-order valence-corrected chi connectivity index (χ2v) is 4.88. The van der Waals surface area contributed by atoms with Gasteiger partial charge in [0.1, 0.15) is 12.0 Å². The standard InChI is InChI=1S/C17H14N4O2/c22-17(23)15(10-12-6-2-1-3-7-12)20-21-16-13-8-4-5-9-14(13)18-11-19-16/h1-9,11H,10H2,(H,22,23)(H,18,19,21). The van der Waals surface area contributed by atoms with E-state index in [0.29, 0.717) is 5.82 Å². The normalized spacial score (nSPS) is 11.4. The van der Waals surface area contributed by atoms with Crippen LogP contribution in [0.15, 0.2) is 66.0 Å². The molecule has 0 saturated carbocycles. The number of nitrogens with zero attached hydrogens (tertiary/aromatic N) is 3. The SMILES string of the molecule is O=C(O)C(Cc1ccccc1)=NNc1ncnc2ccccc12. The summed E-state index contributed by atoms with van der Waals surface area (Å²) in [4.78, 5) is 19.7. The number of hydrazone groups is 1. The van der Waals surface area contributed by atoms with Gasteiger partial charge in [0, 0.05) is 11.8 Å². The van der Waals surface area contributed by atoms with Gasteiger partial charge in [-0.3, -0.25) is 5.43 Å². The molecule has 0 bridgehead atoms. The van der Waals surface area contributed by atoms with E-state index in [1.165, 1.54) is 6.33 Å². The molecular weight excluding hydrogens is 292 g/mol. The Morgan fingerprint density at radius 3 is 2.57 bits per heavy atom. The molecule has 3 rings (SSSR count). The van der Waals surface area contributed by atoms with E-state index in [1.54, 1.807) is 0 Å². The smallest absolute Gasteiger partial charge is 0.352 e. The summed E-state index contributed by atoms with van der Waals surface area (Å²) in [7, 11) is 0. The summed E-state index contributed by atoms with van der Waals surface area (Å²) in [5.41, 5.74) is 4.40. The molecule has 6 nitrogen and oxygen atoms in total. The highest BCUT2D eigenvalue weighted by atomic mass is 16.4.